The summed E-state index contributed by atoms with van der Waals surface area (Å²) in [5, 5.41) is 0. The smallest absolute Gasteiger partial charge is 0.146 e. The first-order chi connectivity index (χ1) is 8.65. The van der Waals surface area contributed by atoms with Crippen LogP contribution in [-0.4, -0.2) is 11.5 Å². The molecule has 0 spiro atoms. The summed E-state index contributed by atoms with van der Waals surface area (Å²) in [5.74, 6) is 2.20. The number of halogens is 1. The molecule has 2 rings (SSSR count). The van der Waals surface area contributed by atoms with E-state index >= 15 is 0 Å². The van der Waals surface area contributed by atoms with Crippen LogP contribution in [0.2, 0.25) is 0 Å². The number of carbonyl (C=O) groups is 1. The summed E-state index contributed by atoms with van der Waals surface area (Å²) in [4.78, 5) is 13.3. The molecule has 3 heteroatoms. The van der Waals surface area contributed by atoms with Gasteiger partial charge in [0.25, 0.3) is 0 Å². The van der Waals surface area contributed by atoms with Gasteiger partial charge in [-0.15, -0.1) is 11.8 Å². The van der Waals surface area contributed by atoms with Crippen molar-refractivity contribution >= 4 is 33.5 Å². The molecule has 1 fully saturated rings. The number of Topliss-reactive ketones (excluding diaryl/α,β-unsaturated/α-hetero) is 1. The van der Waals surface area contributed by atoms with Crippen LogP contribution < -0.4 is 0 Å². The largest absolute Gasteiger partial charge is 0.298 e. The Labute approximate surface area is 122 Å². The summed E-state index contributed by atoms with van der Waals surface area (Å²) in [6.45, 7) is 2.29. The van der Waals surface area contributed by atoms with E-state index in [4.69, 9.17) is 0 Å². The van der Waals surface area contributed by atoms with Crippen LogP contribution >= 0.6 is 27.7 Å². The molecule has 1 aromatic carbocycles. The molecular weight excluding hydrogens is 308 g/mol. The molecule has 0 N–H and O–H groups in total. The van der Waals surface area contributed by atoms with Crippen LogP contribution in [0.25, 0.3) is 0 Å². The predicted molar refractivity (Wildman–Crippen MR) is 81.0 cm³/mol. The molecule has 1 nitrogen and oxygen atoms in total. The second kappa shape index (κ2) is 6.76. The highest BCUT2D eigenvalue weighted by molar-refractivity contribution is 9.10. The fraction of sp³-hybridized carbons (Fsp3) is 0.533. The van der Waals surface area contributed by atoms with Crippen LogP contribution in [0.15, 0.2) is 33.6 Å². The third-order valence-electron chi connectivity index (χ3n) is 3.67. The van der Waals surface area contributed by atoms with E-state index in [1.54, 1.807) is 11.8 Å². The number of hydrogen-bond acceptors (Lipinski definition) is 2. The van der Waals surface area contributed by atoms with Crippen LogP contribution in [0.4, 0.5) is 0 Å². The standard InChI is InChI=1S/C15H19BrOS/c1-11-2-4-12(5-3-11)15(17)10-18-14-8-6-13(16)7-9-14/h6-9,11-12H,2-5,10H2,1H3. The Morgan fingerprint density at radius 2 is 1.83 bits per heavy atom. The van der Waals surface area contributed by atoms with Crippen molar-refractivity contribution in [2.75, 3.05) is 5.75 Å². The molecule has 1 aliphatic rings. The molecule has 0 bridgehead atoms. The average molecular weight is 327 g/mol. The summed E-state index contributed by atoms with van der Waals surface area (Å²) >= 11 is 5.08. The number of hydrogen-bond donors (Lipinski definition) is 0. The molecule has 0 aliphatic heterocycles. The number of benzene rings is 1. The first kappa shape index (κ1) is 14.1. The van der Waals surface area contributed by atoms with E-state index in [9.17, 15) is 4.79 Å². The van der Waals surface area contributed by atoms with E-state index < -0.39 is 0 Å². The maximum absolute atomic E-state index is 12.1. The van der Waals surface area contributed by atoms with Crippen molar-refractivity contribution in [3.05, 3.63) is 28.7 Å². The molecule has 1 aliphatic carbocycles. The van der Waals surface area contributed by atoms with Gasteiger partial charge in [-0.05, 0) is 43.0 Å². The zero-order chi connectivity index (χ0) is 13.0. The zero-order valence-corrected chi connectivity index (χ0v) is 13.1. The second-order valence-corrected chi connectivity index (χ2v) is 7.13. The SMILES string of the molecule is CC1CCC(C(=O)CSc2ccc(Br)cc2)CC1. The highest BCUT2D eigenvalue weighted by atomic mass is 79.9. The lowest BCUT2D eigenvalue weighted by molar-refractivity contribution is -0.121. The Balaban J connectivity index is 1.79. The van der Waals surface area contributed by atoms with Crippen molar-refractivity contribution in [1.82, 2.24) is 0 Å². The van der Waals surface area contributed by atoms with E-state index in [1.165, 1.54) is 17.7 Å². The minimum atomic E-state index is 0.323. The van der Waals surface area contributed by atoms with Gasteiger partial charge in [-0.2, -0.15) is 0 Å². The van der Waals surface area contributed by atoms with Gasteiger partial charge in [0.1, 0.15) is 5.78 Å². The Morgan fingerprint density at radius 3 is 2.44 bits per heavy atom. The molecule has 0 saturated heterocycles. The van der Waals surface area contributed by atoms with E-state index in [-0.39, 0.29) is 0 Å². The van der Waals surface area contributed by atoms with Crippen LogP contribution in [0.1, 0.15) is 32.6 Å². The summed E-state index contributed by atoms with van der Waals surface area (Å²) in [5.41, 5.74) is 0. The first-order valence-electron chi connectivity index (χ1n) is 6.56. The number of thioether (sulfide) groups is 1. The summed E-state index contributed by atoms with van der Waals surface area (Å²) in [6, 6.07) is 8.17. The van der Waals surface area contributed by atoms with Gasteiger partial charge in [0.05, 0.1) is 5.75 Å². The molecule has 0 heterocycles. The van der Waals surface area contributed by atoms with E-state index in [1.807, 2.05) is 12.1 Å². The van der Waals surface area contributed by atoms with Crippen molar-refractivity contribution in [1.29, 1.82) is 0 Å². The maximum atomic E-state index is 12.1. The van der Waals surface area contributed by atoms with Crippen molar-refractivity contribution < 1.29 is 4.79 Å². The molecule has 0 atom stereocenters. The van der Waals surface area contributed by atoms with Gasteiger partial charge < -0.3 is 0 Å². The molecule has 1 aromatic rings. The minimum absolute atomic E-state index is 0.323. The lowest BCUT2D eigenvalue weighted by Crippen LogP contribution is -2.22. The molecule has 0 aromatic heterocycles. The lowest BCUT2D eigenvalue weighted by Gasteiger charge is -2.24. The van der Waals surface area contributed by atoms with Crippen molar-refractivity contribution in [2.45, 2.75) is 37.5 Å². The Bertz CT molecular complexity index is 393. The van der Waals surface area contributed by atoms with Crippen molar-refractivity contribution in [2.24, 2.45) is 11.8 Å². The van der Waals surface area contributed by atoms with Gasteiger partial charge in [0.2, 0.25) is 0 Å². The summed E-state index contributed by atoms with van der Waals surface area (Å²) < 4.78 is 1.08. The highest BCUT2D eigenvalue weighted by Crippen LogP contribution is 2.30. The number of rotatable bonds is 4. The van der Waals surface area contributed by atoms with Crippen molar-refractivity contribution in [3.8, 4) is 0 Å². The number of ketones is 1. The average Bonchev–Trinajstić information content (AvgIpc) is 2.38. The highest BCUT2D eigenvalue weighted by Gasteiger charge is 2.23. The van der Waals surface area contributed by atoms with Gasteiger partial charge in [0, 0.05) is 15.3 Å². The molecular formula is C15H19BrOS. The molecule has 1 saturated carbocycles. The van der Waals surface area contributed by atoms with Gasteiger partial charge in [0.15, 0.2) is 0 Å². The van der Waals surface area contributed by atoms with Gasteiger partial charge in [-0.25, -0.2) is 0 Å². The Morgan fingerprint density at radius 1 is 1.22 bits per heavy atom. The Kier molecular flexibility index (Phi) is 5.31. The first-order valence-corrected chi connectivity index (χ1v) is 8.34. The molecule has 98 valence electrons. The maximum Gasteiger partial charge on any atom is 0.146 e. The predicted octanol–water partition coefficient (Wildman–Crippen LogP) is 4.94. The van der Waals surface area contributed by atoms with Crippen LogP contribution in [0.5, 0.6) is 0 Å². The molecule has 18 heavy (non-hydrogen) atoms. The monoisotopic (exact) mass is 326 g/mol. The van der Waals surface area contributed by atoms with Crippen LogP contribution in [0.3, 0.4) is 0 Å². The second-order valence-electron chi connectivity index (χ2n) is 5.17. The minimum Gasteiger partial charge on any atom is -0.298 e. The third-order valence-corrected chi connectivity index (χ3v) is 5.23. The fourth-order valence-corrected chi connectivity index (χ4v) is 3.52. The van der Waals surface area contributed by atoms with E-state index in [2.05, 4.69) is 35.0 Å². The van der Waals surface area contributed by atoms with Gasteiger partial charge >= 0.3 is 0 Å². The van der Waals surface area contributed by atoms with E-state index in [0.29, 0.717) is 17.5 Å². The topological polar surface area (TPSA) is 17.1 Å². The Hall–Kier alpha value is -0.280. The van der Waals surface area contributed by atoms with Crippen LogP contribution in [0, 0.1) is 11.8 Å². The molecule has 0 amide bonds. The third kappa shape index (κ3) is 4.13. The summed E-state index contributed by atoms with van der Waals surface area (Å²) in [7, 11) is 0. The lowest BCUT2D eigenvalue weighted by atomic mass is 9.81. The quantitative estimate of drug-likeness (QED) is 0.729. The van der Waals surface area contributed by atoms with Crippen molar-refractivity contribution in [3.63, 3.8) is 0 Å². The van der Waals surface area contributed by atoms with Gasteiger partial charge in [-0.3, -0.25) is 4.79 Å². The van der Waals surface area contributed by atoms with Gasteiger partial charge in [-0.1, -0.05) is 35.7 Å². The fourth-order valence-electron chi connectivity index (χ4n) is 2.39. The van der Waals surface area contributed by atoms with E-state index in [0.717, 1.165) is 23.2 Å². The normalized spacial score (nSPS) is 23.9. The number of carbonyl (C=O) groups excluding carboxylic acids is 1. The molecule has 0 unspecified atom stereocenters. The zero-order valence-electron chi connectivity index (χ0n) is 10.7. The van der Waals surface area contributed by atoms with Crippen LogP contribution in [-0.2, 0) is 4.79 Å². The molecule has 0 radical (unpaired) electrons. The summed E-state index contributed by atoms with van der Waals surface area (Å²) in [6.07, 6.45) is 4.64.